The van der Waals surface area contributed by atoms with E-state index in [0.717, 1.165) is 4.88 Å². The molecule has 0 radical (unpaired) electrons. The highest BCUT2D eigenvalue weighted by atomic mass is 32.1. The van der Waals surface area contributed by atoms with Gasteiger partial charge in [-0.25, -0.2) is 0 Å². The van der Waals surface area contributed by atoms with Crippen molar-refractivity contribution in [1.82, 2.24) is 10.2 Å². The summed E-state index contributed by atoms with van der Waals surface area (Å²) in [6.45, 7) is -0.0481. The molecule has 0 saturated carbocycles. The highest BCUT2D eigenvalue weighted by Gasteiger charge is 2.43. The molecule has 4 heterocycles. The number of Topliss-reactive ketones (excluding diaryl/α,β-unsaturated/α-hetero) is 1. The Kier molecular flexibility index (Phi) is 4.02. The van der Waals surface area contributed by atoms with Crippen molar-refractivity contribution < 1.29 is 19.2 Å². The highest BCUT2D eigenvalue weighted by molar-refractivity contribution is 7.10. The Morgan fingerprint density at radius 3 is 2.69 bits per heavy atom. The molecular formula is C21H16N4O6S. The summed E-state index contributed by atoms with van der Waals surface area (Å²) in [5.74, 6) is -0.0129. The lowest BCUT2D eigenvalue weighted by atomic mass is 9.73. The number of hydrogen-bond donors (Lipinski definition) is 3. The summed E-state index contributed by atoms with van der Waals surface area (Å²) >= 11 is 1.59. The normalized spacial score (nSPS) is 21.2. The number of anilines is 1. The number of fused-ring (bicyclic) bond motifs is 2. The Labute approximate surface area is 184 Å². The molecule has 0 fully saturated rings. The Morgan fingerprint density at radius 1 is 1.12 bits per heavy atom. The van der Waals surface area contributed by atoms with Crippen LogP contribution in [0.5, 0.6) is 11.5 Å². The van der Waals surface area contributed by atoms with E-state index in [9.17, 15) is 19.7 Å². The first kappa shape index (κ1) is 18.9. The number of nitro benzene ring substituents is 1. The molecule has 32 heavy (non-hydrogen) atoms. The van der Waals surface area contributed by atoms with Crippen molar-refractivity contribution in [1.29, 1.82) is 0 Å². The summed E-state index contributed by atoms with van der Waals surface area (Å²) in [6.07, 6.45) is 0.830. The van der Waals surface area contributed by atoms with Gasteiger partial charge in [0.25, 0.3) is 11.2 Å². The number of hydrogen-bond acceptors (Lipinski definition) is 8. The van der Waals surface area contributed by atoms with Gasteiger partial charge >= 0.3 is 0 Å². The van der Waals surface area contributed by atoms with Crippen LogP contribution >= 0.6 is 11.3 Å². The molecule has 2 aliphatic heterocycles. The van der Waals surface area contributed by atoms with Crippen LogP contribution in [-0.4, -0.2) is 27.7 Å². The summed E-state index contributed by atoms with van der Waals surface area (Å²) < 4.78 is 10.7. The summed E-state index contributed by atoms with van der Waals surface area (Å²) in [4.78, 5) is 38.7. The quantitative estimate of drug-likeness (QED) is 0.409. The molecule has 162 valence electrons. The molecule has 3 aliphatic rings. The second-order valence-corrected chi connectivity index (χ2v) is 8.86. The van der Waals surface area contributed by atoms with Gasteiger partial charge in [0.1, 0.15) is 5.82 Å². The number of thiophene rings is 1. The Hall–Kier alpha value is -3.86. The highest BCUT2D eigenvalue weighted by Crippen LogP contribution is 2.50. The van der Waals surface area contributed by atoms with Gasteiger partial charge in [0.2, 0.25) is 6.79 Å². The van der Waals surface area contributed by atoms with E-state index in [1.807, 2.05) is 17.5 Å². The predicted molar refractivity (Wildman–Crippen MR) is 114 cm³/mol. The lowest BCUT2D eigenvalue weighted by Crippen LogP contribution is -2.31. The van der Waals surface area contributed by atoms with Crippen LogP contribution in [-0.2, 0) is 4.79 Å². The van der Waals surface area contributed by atoms with Crippen molar-refractivity contribution in [2.45, 2.75) is 24.7 Å². The topological polar surface area (TPSA) is 139 Å². The molecule has 2 atom stereocenters. The van der Waals surface area contributed by atoms with Crippen molar-refractivity contribution in [3.8, 4) is 11.5 Å². The fourth-order valence-corrected chi connectivity index (χ4v) is 5.62. The zero-order valence-electron chi connectivity index (χ0n) is 16.5. The van der Waals surface area contributed by atoms with Crippen molar-refractivity contribution in [3.63, 3.8) is 0 Å². The van der Waals surface area contributed by atoms with Gasteiger partial charge in [0.15, 0.2) is 17.3 Å². The maximum Gasteiger partial charge on any atom is 0.277 e. The molecule has 0 unspecified atom stereocenters. The number of H-pyrrole nitrogens is 2. The van der Waals surface area contributed by atoms with Gasteiger partial charge in [0.05, 0.1) is 22.5 Å². The van der Waals surface area contributed by atoms with Gasteiger partial charge in [-0.05, 0) is 23.9 Å². The van der Waals surface area contributed by atoms with Crippen LogP contribution in [0, 0.1) is 10.1 Å². The Bertz CT molecular complexity index is 1370. The third kappa shape index (κ3) is 2.71. The average Bonchev–Trinajstić information content (AvgIpc) is 3.52. The van der Waals surface area contributed by atoms with Crippen molar-refractivity contribution in [2.75, 3.05) is 12.1 Å². The molecule has 10 nitrogen and oxygen atoms in total. The number of allylic oxidation sites excluding steroid dienone is 2. The number of carbonyl (C=O) groups is 1. The molecule has 3 N–H and O–H groups in total. The molecular weight excluding hydrogens is 436 g/mol. The Morgan fingerprint density at radius 2 is 1.94 bits per heavy atom. The number of carbonyl (C=O) groups excluding carboxylic acids is 1. The number of nitrogens with zero attached hydrogens (tertiary/aromatic N) is 1. The van der Waals surface area contributed by atoms with E-state index in [-0.39, 0.29) is 47.5 Å². The number of ketones is 1. The van der Waals surface area contributed by atoms with E-state index in [1.54, 1.807) is 11.3 Å². The van der Waals surface area contributed by atoms with Crippen LogP contribution in [0.25, 0.3) is 0 Å². The number of rotatable bonds is 3. The maximum absolute atomic E-state index is 13.4. The largest absolute Gasteiger partial charge is 0.454 e. The first-order valence-electron chi connectivity index (χ1n) is 9.96. The standard InChI is InChI=1S/C21H16N4O6S/c26-13-5-9(16-2-1-3-32-16)4-11-18(13)17(19-20(22-11)23-24-21(19)27)10-6-14-15(31-8-30-14)7-12(10)25(28)29/h1-3,6-7,9,17H,4-5,8H2,(H3,22,23,24,27)/t9-,17-/m0/s1. The fraction of sp³-hybridized carbons (Fsp3) is 0.238. The SMILES string of the molecule is O=C1C[C@@H](c2cccs2)CC2=C1[C@H](c1cc3c(cc1[N+](=O)[O-])OCO3)c1c([nH][nH]c1=O)N2. The molecule has 1 aliphatic carbocycles. The number of aromatic nitrogens is 2. The van der Waals surface area contributed by atoms with E-state index in [1.165, 1.54) is 12.1 Å². The van der Waals surface area contributed by atoms with E-state index >= 15 is 0 Å². The predicted octanol–water partition coefficient (Wildman–Crippen LogP) is 3.36. The van der Waals surface area contributed by atoms with Crippen LogP contribution < -0.4 is 20.3 Å². The van der Waals surface area contributed by atoms with Crippen LogP contribution in [0.3, 0.4) is 0 Å². The molecule has 0 saturated heterocycles. The van der Waals surface area contributed by atoms with E-state index in [2.05, 4.69) is 15.5 Å². The van der Waals surface area contributed by atoms with E-state index in [4.69, 9.17) is 9.47 Å². The number of nitrogens with one attached hydrogen (secondary N) is 3. The first-order valence-corrected chi connectivity index (χ1v) is 10.8. The minimum absolute atomic E-state index is 0.00773. The summed E-state index contributed by atoms with van der Waals surface area (Å²) in [7, 11) is 0. The molecule has 2 aromatic heterocycles. The summed E-state index contributed by atoms with van der Waals surface area (Å²) in [5.41, 5.74) is 0.852. The number of ether oxygens (including phenoxy) is 2. The van der Waals surface area contributed by atoms with Gasteiger partial charge in [-0.15, -0.1) is 11.3 Å². The molecule has 11 heteroatoms. The van der Waals surface area contributed by atoms with Gasteiger partial charge in [0, 0.05) is 34.0 Å². The van der Waals surface area contributed by atoms with E-state index in [0.29, 0.717) is 29.3 Å². The lowest BCUT2D eigenvalue weighted by molar-refractivity contribution is -0.385. The smallest absolute Gasteiger partial charge is 0.277 e. The zero-order valence-corrected chi connectivity index (χ0v) is 17.3. The molecule has 0 spiro atoms. The molecule has 6 rings (SSSR count). The van der Waals surface area contributed by atoms with Crippen molar-refractivity contribution in [2.24, 2.45) is 0 Å². The molecule has 1 aromatic carbocycles. The number of nitro groups is 1. The van der Waals surface area contributed by atoms with E-state index < -0.39 is 16.4 Å². The van der Waals surface area contributed by atoms with Gasteiger partial charge in [-0.1, -0.05) is 6.07 Å². The van der Waals surface area contributed by atoms with Crippen LogP contribution in [0.15, 0.2) is 45.7 Å². The second-order valence-electron chi connectivity index (χ2n) is 7.88. The monoisotopic (exact) mass is 452 g/mol. The van der Waals surface area contributed by atoms with Gasteiger partial charge < -0.3 is 14.8 Å². The zero-order chi connectivity index (χ0) is 22.0. The van der Waals surface area contributed by atoms with Crippen LogP contribution in [0.1, 0.15) is 40.7 Å². The molecule has 0 bridgehead atoms. The van der Waals surface area contributed by atoms with Crippen LogP contribution in [0.4, 0.5) is 11.5 Å². The Balaban J connectivity index is 1.56. The maximum atomic E-state index is 13.4. The summed E-state index contributed by atoms with van der Waals surface area (Å²) in [6, 6.07) is 6.75. The van der Waals surface area contributed by atoms with Crippen LogP contribution in [0.2, 0.25) is 0 Å². The lowest BCUT2D eigenvalue weighted by Gasteiger charge is -2.34. The third-order valence-corrected chi connectivity index (χ3v) is 7.19. The molecule has 3 aromatic rings. The fourth-order valence-electron chi connectivity index (χ4n) is 4.79. The summed E-state index contributed by atoms with van der Waals surface area (Å²) in [5, 5.41) is 22.5. The second kappa shape index (κ2) is 6.82. The minimum atomic E-state index is -0.900. The van der Waals surface area contributed by atoms with Gasteiger partial charge in [-0.3, -0.25) is 29.9 Å². The third-order valence-electron chi connectivity index (χ3n) is 6.15. The van der Waals surface area contributed by atoms with Gasteiger partial charge in [-0.2, -0.15) is 0 Å². The number of benzene rings is 1. The number of aromatic amines is 2. The minimum Gasteiger partial charge on any atom is -0.454 e. The van der Waals surface area contributed by atoms with Crippen molar-refractivity contribution >= 4 is 28.6 Å². The molecule has 0 amide bonds. The van der Waals surface area contributed by atoms with Crippen molar-refractivity contribution in [3.05, 3.63) is 77.4 Å². The average molecular weight is 452 g/mol. The first-order chi connectivity index (χ1) is 15.5.